The van der Waals surface area contributed by atoms with Crippen LogP contribution in [0.15, 0.2) is 35.2 Å². The number of hydrogen-bond donors (Lipinski definition) is 1. The van der Waals surface area contributed by atoms with Crippen molar-refractivity contribution in [2.45, 2.75) is 26.4 Å². The molecule has 0 aliphatic carbocycles. The lowest BCUT2D eigenvalue weighted by Gasteiger charge is -2.20. The first-order valence-corrected chi connectivity index (χ1v) is 7.49. The van der Waals surface area contributed by atoms with Gasteiger partial charge in [0.1, 0.15) is 5.60 Å². The zero-order valence-corrected chi connectivity index (χ0v) is 13.3. The quantitative estimate of drug-likeness (QED) is 0.689. The zero-order chi connectivity index (χ0) is 16.2. The number of nitrogens with one attached hydrogen (secondary N) is 1. The van der Waals surface area contributed by atoms with Gasteiger partial charge in [0.05, 0.1) is 11.2 Å². The van der Waals surface area contributed by atoms with Crippen LogP contribution in [0.1, 0.15) is 31.3 Å². The van der Waals surface area contributed by atoms with Gasteiger partial charge < -0.3 is 9.47 Å². The van der Waals surface area contributed by atoms with Crippen LogP contribution < -0.4 is 10.1 Å². The number of aromatic nitrogens is 1. The van der Waals surface area contributed by atoms with E-state index in [9.17, 15) is 9.59 Å². The van der Waals surface area contributed by atoms with Crippen LogP contribution >= 0.6 is 11.3 Å². The molecule has 0 aliphatic rings. The van der Waals surface area contributed by atoms with Gasteiger partial charge >= 0.3 is 12.1 Å². The lowest BCUT2D eigenvalue weighted by molar-refractivity contribution is 0.0630. The molecular weight excluding hydrogens is 304 g/mol. The zero-order valence-electron chi connectivity index (χ0n) is 12.5. The minimum absolute atomic E-state index is 0.220. The molecule has 116 valence electrons. The van der Waals surface area contributed by atoms with Crippen molar-refractivity contribution < 1.29 is 19.1 Å². The second-order valence-electron chi connectivity index (χ2n) is 5.39. The van der Waals surface area contributed by atoms with E-state index in [1.54, 1.807) is 55.9 Å². The Kier molecular flexibility index (Phi) is 4.77. The number of ether oxygens (including phenoxy) is 2. The fourth-order valence-corrected chi connectivity index (χ4v) is 2.06. The van der Waals surface area contributed by atoms with Gasteiger partial charge in [-0.05, 0) is 32.9 Å². The SMILES string of the molecule is CC(C)(C)OC(=O)Nc1ccccc1OC(=O)c1cscn1. The molecule has 1 aromatic carbocycles. The minimum atomic E-state index is -0.621. The maximum atomic E-state index is 11.9. The lowest BCUT2D eigenvalue weighted by Crippen LogP contribution is -2.27. The third kappa shape index (κ3) is 4.56. The molecule has 2 rings (SSSR count). The number of anilines is 1. The molecule has 0 radical (unpaired) electrons. The molecule has 2 aromatic rings. The monoisotopic (exact) mass is 320 g/mol. The van der Waals surface area contributed by atoms with E-state index in [1.165, 1.54) is 11.3 Å². The van der Waals surface area contributed by atoms with Gasteiger partial charge in [-0.25, -0.2) is 14.6 Å². The second-order valence-corrected chi connectivity index (χ2v) is 6.10. The van der Waals surface area contributed by atoms with Crippen LogP contribution in [0.4, 0.5) is 10.5 Å². The summed E-state index contributed by atoms with van der Waals surface area (Å²) in [5, 5.41) is 4.15. The summed E-state index contributed by atoms with van der Waals surface area (Å²) in [6.07, 6.45) is -0.621. The number of carbonyl (C=O) groups excluding carboxylic acids is 2. The number of carbonyl (C=O) groups is 2. The molecule has 0 saturated carbocycles. The van der Waals surface area contributed by atoms with Crippen LogP contribution in [-0.2, 0) is 4.74 Å². The van der Waals surface area contributed by atoms with Crippen molar-refractivity contribution in [1.82, 2.24) is 4.98 Å². The van der Waals surface area contributed by atoms with E-state index in [2.05, 4.69) is 10.3 Å². The summed E-state index contributed by atoms with van der Waals surface area (Å²) in [6.45, 7) is 5.29. The van der Waals surface area contributed by atoms with Crippen molar-refractivity contribution in [2.24, 2.45) is 0 Å². The van der Waals surface area contributed by atoms with E-state index in [4.69, 9.17) is 9.47 Å². The third-order valence-electron chi connectivity index (χ3n) is 2.37. The first kappa shape index (κ1) is 16.0. The highest BCUT2D eigenvalue weighted by molar-refractivity contribution is 7.07. The molecule has 0 aliphatic heterocycles. The summed E-state index contributed by atoms with van der Waals surface area (Å²) in [5.41, 5.74) is 1.50. The number of para-hydroxylation sites is 2. The van der Waals surface area contributed by atoms with E-state index in [0.717, 1.165) is 0 Å². The van der Waals surface area contributed by atoms with Crippen LogP contribution in [0.3, 0.4) is 0 Å². The first-order valence-electron chi connectivity index (χ1n) is 6.54. The van der Waals surface area contributed by atoms with Crippen molar-refractivity contribution in [1.29, 1.82) is 0 Å². The maximum absolute atomic E-state index is 11.9. The Balaban J connectivity index is 2.10. The van der Waals surface area contributed by atoms with Gasteiger partial charge in [0.2, 0.25) is 0 Å². The molecule has 0 fully saturated rings. The normalized spacial score (nSPS) is 10.9. The molecule has 1 amide bonds. The number of rotatable bonds is 3. The molecule has 7 heteroatoms. The van der Waals surface area contributed by atoms with E-state index < -0.39 is 17.7 Å². The highest BCUT2D eigenvalue weighted by atomic mass is 32.1. The summed E-state index contributed by atoms with van der Waals surface area (Å²) in [4.78, 5) is 27.6. The molecule has 1 N–H and O–H groups in total. The van der Waals surface area contributed by atoms with Gasteiger partial charge in [0.25, 0.3) is 0 Å². The van der Waals surface area contributed by atoms with Gasteiger partial charge in [0, 0.05) is 5.38 Å². The number of nitrogens with zero attached hydrogens (tertiary/aromatic N) is 1. The fraction of sp³-hybridized carbons (Fsp3) is 0.267. The minimum Gasteiger partial charge on any atom is -0.444 e. The Labute approximate surface area is 132 Å². The van der Waals surface area contributed by atoms with Crippen LogP contribution in [0.2, 0.25) is 0 Å². The van der Waals surface area contributed by atoms with E-state index in [0.29, 0.717) is 5.69 Å². The van der Waals surface area contributed by atoms with Gasteiger partial charge in [-0.2, -0.15) is 0 Å². The summed E-state index contributed by atoms with van der Waals surface area (Å²) >= 11 is 1.30. The van der Waals surface area contributed by atoms with Gasteiger partial charge in [-0.3, -0.25) is 5.32 Å². The predicted molar refractivity (Wildman–Crippen MR) is 83.4 cm³/mol. The standard InChI is InChI=1S/C15H16N2O4S/c1-15(2,3)21-14(19)17-10-6-4-5-7-12(10)20-13(18)11-8-22-9-16-11/h4-9H,1-3H3,(H,17,19). The van der Waals surface area contributed by atoms with Crippen LogP contribution in [0, 0.1) is 0 Å². The summed E-state index contributed by atoms with van der Waals surface area (Å²) < 4.78 is 10.4. The highest BCUT2D eigenvalue weighted by Gasteiger charge is 2.18. The van der Waals surface area contributed by atoms with Crippen LogP contribution in [0.25, 0.3) is 0 Å². The van der Waals surface area contributed by atoms with Gasteiger partial charge in [0.15, 0.2) is 11.4 Å². The van der Waals surface area contributed by atoms with Crippen molar-refractivity contribution in [2.75, 3.05) is 5.32 Å². The smallest absolute Gasteiger partial charge is 0.412 e. The molecule has 0 bridgehead atoms. The highest BCUT2D eigenvalue weighted by Crippen LogP contribution is 2.25. The van der Waals surface area contributed by atoms with Crippen LogP contribution in [0.5, 0.6) is 5.75 Å². The Morgan fingerprint density at radius 1 is 1.23 bits per heavy atom. The number of amides is 1. The number of esters is 1. The van der Waals surface area contributed by atoms with Crippen molar-refractivity contribution in [3.05, 3.63) is 40.8 Å². The van der Waals surface area contributed by atoms with Gasteiger partial charge in [-0.1, -0.05) is 12.1 Å². The molecule has 0 saturated heterocycles. The van der Waals surface area contributed by atoms with Crippen molar-refractivity contribution in [3.63, 3.8) is 0 Å². The Morgan fingerprint density at radius 2 is 1.95 bits per heavy atom. The number of thiazole rings is 1. The van der Waals surface area contributed by atoms with Crippen molar-refractivity contribution in [3.8, 4) is 5.75 Å². The summed E-state index contributed by atoms with van der Waals surface area (Å²) in [7, 11) is 0. The summed E-state index contributed by atoms with van der Waals surface area (Å²) in [6, 6.07) is 6.61. The van der Waals surface area contributed by atoms with Gasteiger partial charge in [-0.15, -0.1) is 11.3 Å². The van der Waals surface area contributed by atoms with E-state index in [1.807, 2.05) is 0 Å². The molecule has 0 atom stereocenters. The van der Waals surface area contributed by atoms with E-state index >= 15 is 0 Å². The average Bonchev–Trinajstić information content (AvgIpc) is 2.92. The predicted octanol–water partition coefficient (Wildman–Crippen LogP) is 3.71. The van der Waals surface area contributed by atoms with E-state index in [-0.39, 0.29) is 11.4 Å². The molecule has 6 nitrogen and oxygen atoms in total. The molecule has 0 spiro atoms. The molecule has 0 unspecified atom stereocenters. The number of benzene rings is 1. The molecule has 1 heterocycles. The Morgan fingerprint density at radius 3 is 2.59 bits per heavy atom. The topological polar surface area (TPSA) is 77.5 Å². The first-order chi connectivity index (χ1) is 10.3. The number of hydrogen-bond acceptors (Lipinski definition) is 6. The average molecular weight is 320 g/mol. The molecule has 1 aromatic heterocycles. The lowest BCUT2D eigenvalue weighted by atomic mass is 10.2. The maximum Gasteiger partial charge on any atom is 0.412 e. The molecule has 22 heavy (non-hydrogen) atoms. The largest absolute Gasteiger partial charge is 0.444 e. The molecular formula is C15H16N2O4S. The third-order valence-corrected chi connectivity index (χ3v) is 2.95. The Bertz CT molecular complexity index is 662. The summed E-state index contributed by atoms with van der Waals surface area (Å²) in [5.74, 6) is -0.356. The Hall–Kier alpha value is -2.41. The fourth-order valence-electron chi connectivity index (χ4n) is 1.54. The second kappa shape index (κ2) is 6.57. The van der Waals surface area contributed by atoms with Crippen molar-refractivity contribution >= 4 is 29.1 Å². The van der Waals surface area contributed by atoms with Crippen LogP contribution in [-0.4, -0.2) is 22.6 Å².